The van der Waals surface area contributed by atoms with Crippen LogP contribution in [0.5, 0.6) is 0 Å². The van der Waals surface area contributed by atoms with Crippen LogP contribution >= 0.6 is 27.5 Å². The highest BCUT2D eigenvalue weighted by Crippen LogP contribution is 2.28. The van der Waals surface area contributed by atoms with E-state index in [1.54, 1.807) is 0 Å². The van der Waals surface area contributed by atoms with E-state index >= 15 is 0 Å². The molecule has 84 valence electrons. The van der Waals surface area contributed by atoms with Crippen LogP contribution in [0.3, 0.4) is 0 Å². The first-order chi connectivity index (χ1) is 8.24. The van der Waals surface area contributed by atoms with E-state index in [9.17, 15) is 0 Å². The number of pyridine rings is 1. The molecule has 2 aromatic heterocycles. The summed E-state index contributed by atoms with van der Waals surface area (Å²) in [5.41, 5.74) is 7.22. The Balaban J connectivity index is 2.26. The lowest BCUT2D eigenvalue weighted by molar-refractivity contribution is 1.26. The number of benzene rings is 1. The molecule has 0 bridgehead atoms. The first-order valence-corrected chi connectivity index (χ1v) is 6.45. The number of nitrogens with zero attached hydrogens (tertiary/aromatic N) is 3. The van der Waals surface area contributed by atoms with Gasteiger partial charge in [0.05, 0.1) is 5.52 Å². The zero-order chi connectivity index (χ0) is 11.8. The molecular weight excluding hydrogens is 300 g/mol. The fraction of sp³-hybridized carbons (Fsp3) is 0. The summed E-state index contributed by atoms with van der Waals surface area (Å²) in [5.74, 6) is 0.560. The maximum atomic E-state index is 5.58. The average molecular weight is 307 g/mol. The van der Waals surface area contributed by atoms with Crippen molar-refractivity contribution in [2.75, 3.05) is 5.73 Å². The number of aromatic nitrogens is 3. The standard InChI is InChI=1S/C11H7BrN4S/c12-7-5-6-3-1-2-4-8(6)14-9(7)10-15-11(13)17-16-10/h1-5H,(H2,13,15,16). The van der Waals surface area contributed by atoms with E-state index in [1.165, 1.54) is 11.5 Å². The Morgan fingerprint density at radius 2 is 2.00 bits per heavy atom. The lowest BCUT2D eigenvalue weighted by atomic mass is 10.2. The average Bonchev–Trinajstić information content (AvgIpc) is 2.75. The molecular formula is C11H7BrN4S. The Hall–Kier alpha value is -1.53. The highest BCUT2D eigenvalue weighted by Gasteiger charge is 2.11. The van der Waals surface area contributed by atoms with Gasteiger partial charge in [0.1, 0.15) is 5.69 Å². The van der Waals surface area contributed by atoms with Gasteiger partial charge in [-0.15, -0.1) is 0 Å². The van der Waals surface area contributed by atoms with Crippen molar-refractivity contribution >= 4 is 43.5 Å². The summed E-state index contributed by atoms with van der Waals surface area (Å²) in [6, 6.07) is 9.92. The second-order valence-electron chi connectivity index (χ2n) is 3.47. The van der Waals surface area contributed by atoms with Crippen LogP contribution in [0.1, 0.15) is 0 Å². The third kappa shape index (κ3) is 1.89. The van der Waals surface area contributed by atoms with Gasteiger partial charge in [-0.3, -0.25) is 0 Å². The number of fused-ring (bicyclic) bond motifs is 1. The van der Waals surface area contributed by atoms with Gasteiger partial charge in [-0.1, -0.05) is 18.2 Å². The van der Waals surface area contributed by atoms with Crippen LogP contribution < -0.4 is 5.73 Å². The van der Waals surface area contributed by atoms with E-state index in [2.05, 4.69) is 30.3 Å². The minimum atomic E-state index is 0.446. The predicted molar refractivity (Wildman–Crippen MR) is 72.8 cm³/mol. The van der Waals surface area contributed by atoms with Crippen LogP contribution in [0.4, 0.5) is 5.13 Å². The van der Waals surface area contributed by atoms with Crippen molar-refractivity contribution in [1.29, 1.82) is 0 Å². The number of hydrogen-bond acceptors (Lipinski definition) is 5. The minimum absolute atomic E-state index is 0.446. The van der Waals surface area contributed by atoms with Crippen molar-refractivity contribution in [1.82, 2.24) is 14.3 Å². The molecule has 0 atom stereocenters. The summed E-state index contributed by atoms with van der Waals surface area (Å²) in [4.78, 5) is 8.68. The van der Waals surface area contributed by atoms with Crippen LogP contribution in [0.2, 0.25) is 0 Å². The summed E-state index contributed by atoms with van der Waals surface area (Å²) < 4.78 is 5.04. The Bertz CT molecular complexity index is 695. The molecule has 1 aromatic carbocycles. The van der Waals surface area contributed by atoms with E-state index in [-0.39, 0.29) is 0 Å². The summed E-state index contributed by atoms with van der Waals surface area (Å²) in [7, 11) is 0. The zero-order valence-corrected chi connectivity index (χ0v) is 11.0. The van der Waals surface area contributed by atoms with Gasteiger partial charge in [0.2, 0.25) is 0 Å². The Labute approximate surface area is 110 Å². The number of hydrogen-bond donors (Lipinski definition) is 1. The molecule has 2 heterocycles. The van der Waals surface area contributed by atoms with Crippen LogP contribution in [0.15, 0.2) is 34.8 Å². The van der Waals surface area contributed by atoms with E-state index in [1.807, 2.05) is 30.3 Å². The second kappa shape index (κ2) is 4.05. The molecule has 0 fully saturated rings. The SMILES string of the molecule is Nc1nc(-c2nc3ccccc3cc2Br)ns1. The van der Waals surface area contributed by atoms with E-state index in [0.29, 0.717) is 11.0 Å². The van der Waals surface area contributed by atoms with Gasteiger partial charge in [0.15, 0.2) is 11.0 Å². The quantitative estimate of drug-likeness (QED) is 0.750. The fourth-order valence-electron chi connectivity index (χ4n) is 1.58. The van der Waals surface area contributed by atoms with Crippen LogP contribution in [0.25, 0.3) is 22.4 Å². The predicted octanol–water partition coefficient (Wildman–Crippen LogP) is 3.10. The lowest BCUT2D eigenvalue weighted by Gasteiger charge is -2.02. The maximum Gasteiger partial charge on any atom is 0.200 e. The summed E-state index contributed by atoms with van der Waals surface area (Å²) in [6.07, 6.45) is 0. The highest BCUT2D eigenvalue weighted by molar-refractivity contribution is 9.10. The van der Waals surface area contributed by atoms with Gasteiger partial charge in [0, 0.05) is 21.4 Å². The fourth-order valence-corrected chi connectivity index (χ4v) is 2.53. The lowest BCUT2D eigenvalue weighted by Crippen LogP contribution is -1.90. The van der Waals surface area contributed by atoms with Gasteiger partial charge >= 0.3 is 0 Å². The topological polar surface area (TPSA) is 64.7 Å². The molecule has 0 spiro atoms. The molecule has 0 saturated heterocycles. The molecule has 0 aliphatic heterocycles. The van der Waals surface area contributed by atoms with Gasteiger partial charge in [-0.25, -0.2) is 4.98 Å². The van der Waals surface area contributed by atoms with Crippen molar-refractivity contribution in [3.63, 3.8) is 0 Å². The summed E-state index contributed by atoms with van der Waals surface area (Å²) in [6.45, 7) is 0. The summed E-state index contributed by atoms with van der Waals surface area (Å²) in [5, 5.41) is 1.52. The molecule has 3 rings (SSSR count). The van der Waals surface area contributed by atoms with Crippen molar-refractivity contribution < 1.29 is 0 Å². The molecule has 2 N–H and O–H groups in total. The van der Waals surface area contributed by atoms with E-state index in [4.69, 9.17) is 5.73 Å². The van der Waals surface area contributed by atoms with Crippen LogP contribution in [0, 0.1) is 0 Å². The van der Waals surface area contributed by atoms with Gasteiger partial charge in [-0.05, 0) is 28.1 Å². The molecule has 0 unspecified atom stereocenters. The molecule has 6 heteroatoms. The smallest absolute Gasteiger partial charge is 0.200 e. The Morgan fingerprint density at radius 1 is 1.18 bits per heavy atom. The Morgan fingerprint density at radius 3 is 2.76 bits per heavy atom. The molecule has 17 heavy (non-hydrogen) atoms. The highest BCUT2D eigenvalue weighted by atomic mass is 79.9. The van der Waals surface area contributed by atoms with Crippen LogP contribution in [-0.4, -0.2) is 14.3 Å². The number of nitrogens with two attached hydrogens (primary N) is 1. The van der Waals surface area contributed by atoms with Crippen molar-refractivity contribution in [2.45, 2.75) is 0 Å². The number of rotatable bonds is 1. The normalized spacial score (nSPS) is 10.9. The molecule has 0 aliphatic carbocycles. The third-order valence-electron chi connectivity index (χ3n) is 2.33. The largest absolute Gasteiger partial charge is 0.374 e. The molecule has 4 nitrogen and oxygen atoms in total. The number of halogens is 1. The molecule has 0 aliphatic rings. The monoisotopic (exact) mass is 306 g/mol. The minimum Gasteiger partial charge on any atom is -0.374 e. The number of nitrogen functional groups attached to an aromatic ring is 1. The maximum absolute atomic E-state index is 5.58. The molecule has 0 saturated carbocycles. The van der Waals surface area contributed by atoms with E-state index in [0.717, 1.165) is 21.1 Å². The number of para-hydroxylation sites is 1. The third-order valence-corrected chi connectivity index (χ3v) is 3.48. The first-order valence-electron chi connectivity index (χ1n) is 4.89. The molecule has 0 amide bonds. The van der Waals surface area contributed by atoms with Gasteiger partial charge in [-0.2, -0.15) is 9.36 Å². The summed E-state index contributed by atoms with van der Waals surface area (Å²) >= 11 is 4.65. The van der Waals surface area contributed by atoms with Crippen molar-refractivity contribution in [3.05, 3.63) is 34.8 Å². The van der Waals surface area contributed by atoms with Crippen molar-refractivity contribution in [2.24, 2.45) is 0 Å². The van der Waals surface area contributed by atoms with E-state index < -0.39 is 0 Å². The molecule has 0 radical (unpaired) electrons. The van der Waals surface area contributed by atoms with Gasteiger partial charge in [0.25, 0.3) is 0 Å². The van der Waals surface area contributed by atoms with Crippen molar-refractivity contribution in [3.8, 4) is 11.5 Å². The molecule has 3 aromatic rings. The van der Waals surface area contributed by atoms with Crippen LogP contribution in [-0.2, 0) is 0 Å². The number of anilines is 1. The Kier molecular flexibility index (Phi) is 2.53. The first kappa shape index (κ1) is 10.6. The zero-order valence-electron chi connectivity index (χ0n) is 8.59. The van der Waals surface area contributed by atoms with Gasteiger partial charge < -0.3 is 5.73 Å². The second-order valence-corrected chi connectivity index (χ2v) is 5.11.